The van der Waals surface area contributed by atoms with Gasteiger partial charge in [-0.2, -0.15) is 0 Å². The maximum Gasteiger partial charge on any atom is 0.277 e. The van der Waals surface area contributed by atoms with Crippen LogP contribution < -0.4 is 0 Å². The maximum atomic E-state index is 13.2. The zero-order valence-corrected chi connectivity index (χ0v) is 17.7. The molecule has 1 fully saturated rings. The Bertz CT molecular complexity index is 1160. The van der Waals surface area contributed by atoms with E-state index in [4.69, 9.17) is 0 Å². The normalized spacial score (nSPS) is 22.7. The summed E-state index contributed by atoms with van der Waals surface area (Å²) >= 11 is 0. The number of nitro benzene ring substituents is 1. The van der Waals surface area contributed by atoms with Gasteiger partial charge in [0.1, 0.15) is 11.8 Å². The van der Waals surface area contributed by atoms with E-state index in [0.29, 0.717) is 23.1 Å². The van der Waals surface area contributed by atoms with Gasteiger partial charge >= 0.3 is 0 Å². The number of aliphatic hydroxyl groups is 1. The Balaban J connectivity index is 1.62. The predicted molar refractivity (Wildman–Crippen MR) is 115 cm³/mol. The van der Waals surface area contributed by atoms with Crippen LogP contribution in [-0.4, -0.2) is 62.6 Å². The van der Waals surface area contributed by atoms with Gasteiger partial charge in [-0.25, -0.2) is 0 Å². The van der Waals surface area contributed by atoms with Crippen LogP contribution in [-0.2, 0) is 22.4 Å². The van der Waals surface area contributed by atoms with E-state index in [1.807, 2.05) is 12.1 Å². The van der Waals surface area contributed by atoms with E-state index in [2.05, 4.69) is 0 Å². The van der Waals surface area contributed by atoms with Gasteiger partial charge in [-0.15, -0.1) is 0 Å². The minimum absolute atomic E-state index is 0.0111. The summed E-state index contributed by atoms with van der Waals surface area (Å²) < 4.78 is 0. The monoisotopic (exact) mass is 437 g/mol. The first-order chi connectivity index (χ1) is 15.1. The van der Waals surface area contributed by atoms with Crippen molar-refractivity contribution in [2.75, 3.05) is 14.1 Å². The molecule has 9 heteroatoms. The highest BCUT2D eigenvalue weighted by Crippen LogP contribution is 2.39. The second-order valence-electron chi connectivity index (χ2n) is 8.20. The summed E-state index contributed by atoms with van der Waals surface area (Å²) in [5.74, 6) is -1.14. The minimum Gasteiger partial charge on any atom is -0.508 e. The molecule has 9 nitrogen and oxygen atoms in total. The minimum atomic E-state index is -2.11. The van der Waals surface area contributed by atoms with E-state index in [-0.39, 0.29) is 24.3 Å². The number of aromatic hydroxyl groups is 1. The van der Waals surface area contributed by atoms with E-state index in [9.17, 15) is 29.9 Å². The van der Waals surface area contributed by atoms with Crippen LogP contribution >= 0.6 is 0 Å². The van der Waals surface area contributed by atoms with Crippen molar-refractivity contribution in [1.82, 2.24) is 9.80 Å². The van der Waals surface area contributed by atoms with Crippen LogP contribution in [0.25, 0.3) is 5.57 Å². The molecule has 1 aliphatic heterocycles. The predicted octanol–water partition coefficient (Wildman–Crippen LogP) is 1.86. The van der Waals surface area contributed by atoms with Crippen LogP contribution in [0.3, 0.4) is 0 Å². The molecule has 0 radical (unpaired) electrons. The highest BCUT2D eigenvalue weighted by molar-refractivity contribution is 5.99. The van der Waals surface area contributed by atoms with Gasteiger partial charge in [-0.05, 0) is 35.3 Å². The number of phenolic OH excluding ortho intramolecular Hbond substituents is 1. The third kappa shape index (κ3) is 3.40. The number of carbonyl (C=O) groups is 2. The molecule has 2 N–H and O–H groups in total. The lowest BCUT2D eigenvalue weighted by atomic mass is 9.91. The number of amides is 2. The van der Waals surface area contributed by atoms with Crippen LogP contribution in [0.2, 0.25) is 0 Å². The standard InChI is InChI=1S/C23H23N3O6/c1-24-19(12-16-10-9-15-6-4-8-18(20(15)16)26(31)32)21(28)25(2)23(30,22(24)29)13-14-5-3-7-17(27)11-14/h3-8,10-11,19,27,30H,9,12-13H2,1-2H3/t19-,23+/m0/s1. The largest absolute Gasteiger partial charge is 0.508 e. The number of rotatable bonds is 5. The molecule has 1 saturated heterocycles. The maximum absolute atomic E-state index is 13.2. The van der Waals surface area contributed by atoms with Gasteiger partial charge in [-0.1, -0.05) is 30.3 Å². The van der Waals surface area contributed by atoms with E-state index in [1.165, 1.54) is 37.2 Å². The van der Waals surface area contributed by atoms with Gasteiger partial charge in [0.05, 0.1) is 10.5 Å². The number of carbonyl (C=O) groups excluding carboxylic acids is 2. The van der Waals surface area contributed by atoms with Crippen molar-refractivity contribution < 1.29 is 24.7 Å². The first-order valence-electron chi connectivity index (χ1n) is 10.1. The molecule has 0 bridgehead atoms. The number of benzene rings is 2. The summed E-state index contributed by atoms with van der Waals surface area (Å²) in [6, 6.07) is 10.1. The highest BCUT2D eigenvalue weighted by atomic mass is 16.6. The molecule has 2 atom stereocenters. The van der Waals surface area contributed by atoms with Gasteiger partial charge in [0.25, 0.3) is 11.6 Å². The second-order valence-corrected chi connectivity index (χ2v) is 8.20. The van der Waals surface area contributed by atoms with Gasteiger partial charge in [0.2, 0.25) is 11.6 Å². The summed E-state index contributed by atoms with van der Waals surface area (Å²) in [7, 11) is 2.81. The molecule has 0 spiro atoms. The molecule has 32 heavy (non-hydrogen) atoms. The topological polar surface area (TPSA) is 124 Å². The van der Waals surface area contributed by atoms with Crippen molar-refractivity contribution >= 4 is 23.1 Å². The van der Waals surface area contributed by atoms with Crippen molar-refractivity contribution in [2.24, 2.45) is 0 Å². The average Bonchev–Trinajstić information content (AvgIpc) is 3.17. The highest BCUT2D eigenvalue weighted by Gasteiger charge is 2.53. The lowest BCUT2D eigenvalue weighted by Crippen LogP contribution is -2.70. The van der Waals surface area contributed by atoms with Crippen molar-refractivity contribution in [3.8, 4) is 5.75 Å². The fraction of sp³-hybridized carbons (Fsp3) is 0.304. The fourth-order valence-corrected chi connectivity index (χ4v) is 4.52. The number of piperazine rings is 1. The third-order valence-corrected chi connectivity index (χ3v) is 6.29. The molecule has 4 rings (SSSR count). The molecular weight excluding hydrogens is 414 g/mol. The fourth-order valence-electron chi connectivity index (χ4n) is 4.52. The smallest absolute Gasteiger partial charge is 0.277 e. The van der Waals surface area contributed by atoms with Gasteiger partial charge < -0.3 is 20.0 Å². The summed E-state index contributed by atoms with van der Waals surface area (Å²) in [5.41, 5.74) is 0.295. The van der Waals surface area contributed by atoms with Gasteiger partial charge in [0.15, 0.2) is 0 Å². The molecule has 0 saturated carbocycles. The molecule has 1 aliphatic carbocycles. The van der Waals surface area contributed by atoms with Crippen LogP contribution in [0.4, 0.5) is 5.69 Å². The molecular formula is C23H23N3O6. The van der Waals surface area contributed by atoms with Crippen LogP contribution in [0.1, 0.15) is 23.1 Å². The van der Waals surface area contributed by atoms with Crippen LogP contribution in [0, 0.1) is 10.1 Å². The van der Waals surface area contributed by atoms with E-state index in [0.717, 1.165) is 10.5 Å². The van der Waals surface area contributed by atoms with Gasteiger partial charge in [0, 0.05) is 33.0 Å². The van der Waals surface area contributed by atoms with Crippen LogP contribution in [0.5, 0.6) is 5.75 Å². The zero-order chi connectivity index (χ0) is 23.2. The number of nitrogens with zero attached hydrogens (tertiary/aromatic N) is 3. The quantitative estimate of drug-likeness (QED) is 0.544. The number of allylic oxidation sites excluding steroid dienone is 1. The molecule has 0 aromatic heterocycles. The Morgan fingerprint density at radius 1 is 1.19 bits per heavy atom. The molecule has 2 amide bonds. The second kappa shape index (κ2) is 7.76. The molecule has 2 aromatic carbocycles. The molecule has 166 valence electrons. The Labute approximate surface area is 184 Å². The summed E-state index contributed by atoms with van der Waals surface area (Å²) in [6.07, 6.45) is 2.28. The van der Waals surface area contributed by atoms with Crippen molar-refractivity contribution in [3.63, 3.8) is 0 Å². The van der Waals surface area contributed by atoms with E-state index >= 15 is 0 Å². The first kappa shape index (κ1) is 21.5. The number of fused-ring (bicyclic) bond motifs is 1. The Morgan fingerprint density at radius 2 is 1.91 bits per heavy atom. The van der Waals surface area contributed by atoms with E-state index < -0.39 is 28.5 Å². The third-order valence-electron chi connectivity index (χ3n) is 6.29. The average molecular weight is 437 g/mol. The van der Waals surface area contributed by atoms with Crippen LogP contribution in [0.15, 0.2) is 48.5 Å². The summed E-state index contributed by atoms with van der Waals surface area (Å²) in [6.45, 7) is 0. The lowest BCUT2D eigenvalue weighted by molar-refractivity contribution is -0.385. The number of nitro groups is 1. The van der Waals surface area contributed by atoms with Crippen molar-refractivity contribution in [3.05, 3.63) is 75.3 Å². The number of likely N-dealkylation sites (N-methyl/N-ethyl adjacent to an activating group) is 2. The van der Waals surface area contributed by atoms with Crippen molar-refractivity contribution in [1.29, 1.82) is 0 Å². The molecule has 2 aromatic rings. The Hall–Kier alpha value is -3.72. The number of hydrogen-bond donors (Lipinski definition) is 2. The molecule has 1 heterocycles. The SMILES string of the molecule is CN1C(=O)[C@](O)(Cc2cccc(O)c2)N(C)C(=O)[C@@H]1CC1=CCc2cccc([N+](=O)[O-])c21. The Morgan fingerprint density at radius 3 is 2.59 bits per heavy atom. The first-order valence-corrected chi connectivity index (χ1v) is 10.1. The molecule has 0 unspecified atom stereocenters. The summed E-state index contributed by atoms with van der Waals surface area (Å²) in [4.78, 5) is 39.7. The van der Waals surface area contributed by atoms with E-state index in [1.54, 1.807) is 18.2 Å². The van der Waals surface area contributed by atoms with Gasteiger partial charge in [-0.3, -0.25) is 19.7 Å². The number of phenols is 1. The Kier molecular flexibility index (Phi) is 5.21. The number of hydrogen-bond acceptors (Lipinski definition) is 6. The van der Waals surface area contributed by atoms with Crippen molar-refractivity contribution in [2.45, 2.75) is 31.0 Å². The lowest BCUT2D eigenvalue weighted by Gasteiger charge is -2.47. The molecule has 2 aliphatic rings. The zero-order valence-electron chi connectivity index (χ0n) is 17.7. The summed E-state index contributed by atoms with van der Waals surface area (Å²) in [5, 5.41) is 32.4.